The molecule has 0 bridgehead atoms. The van der Waals surface area contributed by atoms with E-state index in [0.717, 1.165) is 30.4 Å². The van der Waals surface area contributed by atoms with E-state index in [-0.39, 0.29) is 0 Å². The standard InChI is InChI=1S/C14H17N7/c1-2-3-8-16-13-12(15)14(18-9-17-13)21-11-7-5-4-6-10(11)19-20-21/h4-7,9H,2-3,8,15H2,1H3,(H,16,17,18). The molecule has 21 heavy (non-hydrogen) atoms. The lowest BCUT2D eigenvalue weighted by Crippen LogP contribution is -2.11. The predicted octanol–water partition coefficient (Wildman–Crippen LogP) is 2.00. The number of aromatic nitrogens is 5. The Balaban J connectivity index is 2.00. The lowest BCUT2D eigenvalue weighted by Gasteiger charge is -2.10. The number of rotatable bonds is 5. The molecule has 0 aliphatic heterocycles. The van der Waals surface area contributed by atoms with E-state index < -0.39 is 0 Å². The molecule has 7 heteroatoms. The van der Waals surface area contributed by atoms with Crippen LogP contribution in [0.2, 0.25) is 0 Å². The summed E-state index contributed by atoms with van der Waals surface area (Å²) in [5, 5.41) is 11.5. The molecule has 0 atom stereocenters. The Labute approximate surface area is 122 Å². The van der Waals surface area contributed by atoms with Crippen molar-refractivity contribution in [3.8, 4) is 5.82 Å². The van der Waals surface area contributed by atoms with Crippen molar-refractivity contribution in [3.63, 3.8) is 0 Å². The maximum atomic E-state index is 6.17. The summed E-state index contributed by atoms with van der Waals surface area (Å²) in [6, 6.07) is 7.68. The number of nitrogen functional groups attached to an aromatic ring is 1. The van der Waals surface area contributed by atoms with Gasteiger partial charge < -0.3 is 11.1 Å². The number of nitrogens with one attached hydrogen (secondary N) is 1. The van der Waals surface area contributed by atoms with Crippen molar-refractivity contribution in [1.82, 2.24) is 25.0 Å². The summed E-state index contributed by atoms with van der Waals surface area (Å²) < 4.78 is 1.64. The van der Waals surface area contributed by atoms with E-state index in [2.05, 4.69) is 32.5 Å². The van der Waals surface area contributed by atoms with Gasteiger partial charge in [-0.3, -0.25) is 0 Å². The molecule has 3 rings (SSSR count). The van der Waals surface area contributed by atoms with Crippen molar-refractivity contribution in [2.75, 3.05) is 17.6 Å². The topological polar surface area (TPSA) is 94.5 Å². The second kappa shape index (κ2) is 5.74. The van der Waals surface area contributed by atoms with Crippen molar-refractivity contribution >= 4 is 22.5 Å². The second-order valence-corrected chi connectivity index (χ2v) is 4.73. The molecule has 3 N–H and O–H groups in total. The minimum absolute atomic E-state index is 0.476. The van der Waals surface area contributed by atoms with Crippen LogP contribution in [0.5, 0.6) is 0 Å². The van der Waals surface area contributed by atoms with Crippen molar-refractivity contribution < 1.29 is 0 Å². The molecule has 0 radical (unpaired) electrons. The van der Waals surface area contributed by atoms with Crippen molar-refractivity contribution in [1.29, 1.82) is 0 Å². The quantitative estimate of drug-likeness (QED) is 0.695. The molecule has 0 saturated carbocycles. The van der Waals surface area contributed by atoms with Crippen LogP contribution >= 0.6 is 0 Å². The van der Waals surface area contributed by atoms with E-state index in [1.165, 1.54) is 6.33 Å². The van der Waals surface area contributed by atoms with Crippen LogP contribution in [-0.2, 0) is 0 Å². The minimum Gasteiger partial charge on any atom is -0.393 e. The van der Waals surface area contributed by atoms with Crippen LogP contribution in [0.25, 0.3) is 16.9 Å². The van der Waals surface area contributed by atoms with Crippen molar-refractivity contribution in [2.24, 2.45) is 0 Å². The molecule has 0 aliphatic carbocycles. The van der Waals surface area contributed by atoms with E-state index in [1.807, 2.05) is 24.3 Å². The zero-order chi connectivity index (χ0) is 14.7. The monoisotopic (exact) mass is 283 g/mol. The molecule has 1 aromatic carbocycles. The first-order valence-corrected chi connectivity index (χ1v) is 6.96. The Bertz CT molecular complexity index is 750. The molecule has 0 fully saturated rings. The molecule has 0 saturated heterocycles. The maximum Gasteiger partial charge on any atom is 0.184 e. The van der Waals surface area contributed by atoms with Gasteiger partial charge in [0.15, 0.2) is 11.6 Å². The molecule has 0 unspecified atom stereocenters. The molecule has 7 nitrogen and oxygen atoms in total. The summed E-state index contributed by atoms with van der Waals surface area (Å²) in [6.45, 7) is 2.97. The van der Waals surface area contributed by atoms with Crippen LogP contribution in [0.4, 0.5) is 11.5 Å². The lowest BCUT2D eigenvalue weighted by atomic mass is 10.3. The van der Waals surface area contributed by atoms with Crippen LogP contribution in [-0.4, -0.2) is 31.5 Å². The van der Waals surface area contributed by atoms with Crippen LogP contribution in [0.3, 0.4) is 0 Å². The van der Waals surface area contributed by atoms with Crippen LogP contribution < -0.4 is 11.1 Å². The Morgan fingerprint density at radius 3 is 2.95 bits per heavy atom. The smallest absolute Gasteiger partial charge is 0.184 e. The first-order valence-electron chi connectivity index (χ1n) is 6.96. The first-order chi connectivity index (χ1) is 10.3. The zero-order valence-electron chi connectivity index (χ0n) is 11.8. The summed E-state index contributed by atoms with van der Waals surface area (Å²) >= 11 is 0. The molecule has 2 aromatic heterocycles. The highest BCUT2D eigenvalue weighted by atomic mass is 15.4. The number of hydrogen-bond donors (Lipinski definition) is 2. The third kappa shape index (κ3) is 2.49. The molecule has 0 aliphatic rings. The highest BCUT2D eigenvalue weighted by Gasteiger charge is 2.13. The van der Waals surface area contributed by atoms with Gasteiger partial charge >= 0.3 is 0 Å². The van der Waals surface area contributed by atoms with Crippen LogP contribution in [0, 0.1) is 0 Å². The number of para-hydroxylation sites is 1. The summed E-state index contributed by atoms with van der Waals surface area (Å²) in [6.07, 6.45) is 3.65. The lowest BCUT2D eigenvalue weighted by molar-refractivity contribution is 0.797. The molecular formula is C14H17N7. The molecule has 0 amide bonds. The highest BCUT2D eigenvalue weighted by Crippen LogP contribution is 2.23. The third-order valence-corrected chi connectivity index (χ3v) is 3.24. The van der Waals surface area contributed by atoms with Gasteiger partial charge in [0, 0.05) is 6.54 Å². The zero-order valence-corrected chi connectivity index (χ0v) is 11.8. The van der Waals surface area contributed by atoms with Gasteiger partial charge in [-0.05, 0) is 18.6 Å². The number of benzene rings is 1. The van der Waals surface area contributed by atoms with Gasteiger partial charge in [0.2, 0.25) is 0 Å². The van der Waals surface area contributed by atoms with Gasteiger partial charge in [0.05, 0.1) is 5.52 Å². The van der Waals surface area contributed by atoms with Gasteiger partial charge in [-0.25, -0.2) is 9.97 Å². The van der Waals surface area contributed by atoms with Gasteiger partial charge in [0.1, 0.15) is 17.5 Å². The molecular weight excluding hydrogens is 266 g/mol. The Morgan fingerprint density at radius 1 is 1.24 bits per heavy atom. The number of hydrogen-bond acceptors (Lipinski definition) is 6. The van der Waals surface area contributed by atoms with E-state index in [0.29, 0.717) is 17.3 Å². The van der Waals surface area contributed by atoms with E-state index in [4.69, 9.17) is 5.73 Å². The summed E-state index contributed by atoms with van der Waals surface area (Å²) in [4.78, 5) is 8.44. The molecule has 0 spiro atoms. The minimum atomic E-state index is 0.476. The fraction of sp³-hybridized carbons (Fsp3) is 0.286. The Morgan fingerprint density at radius 2 is 2.10 bits per heavy atom. The summed E-state index contributed by atoms with van der Waals surface area (Å²) in [7, 11) is 0. The fourth-order valence-electron chi connectivity index (χ4n) is 2.10. The number of anilines is 2. The van der Waals surface area contributed by atoms with Gasteiger partial charge in [0.25, 0.3) is 0 Å². The fourth-order valence-corrected chi connectivity index (χ4v) is 2.10. The number of fused-ring (bicyclic) bond motifs is 1. The van der Waals surface area contributed by atoms with Crippen LogP contribution in [0.1, 0.15) is 19.8 Å². The van der Waals surface area contributed by atoms with Crippen LogP contribution in [0.15, 0.2) is 30.6 Å². The summed E-state index contributed by atoms with van der Waals surface area (Å²) in [5.74, 6) is 1.17. The van der Waals surface area contributed by atoms with Gasteiger partial charge in [-0.2, -0.15) is 4.68 Å². The normalized spacial score (nSPS) is 10.9. The number of nitrogens with zero attached hydrogens (tertiary/aromatic N) is 5. The van der Waals surface area contributed by atoms with E-state index in [1.54, 1.807) is 4.68 Å². The average molecular weight is 283 g/mol. The van der Waals surface area contributed by atoms with Crippen molar-refractivity contribution in [3.05, 3.63) is 30.6 Å². The average Bonchev–Trinajstić information content (AvgIpc) is 2.93. The van der Waals surface area contributed by atoms with Crippen molar-refractivity contribution in [2.45, 2.75) is 19.8 Å². The van der Waals surface area contributed by atoms with E-state index >= 15 is 0 Å². The Kier molecular flexibility index (Phi) is 3.63. The third-order valence-electron chi connectivity index (χ3n) is 3.24. The number of unbranched alkanes of at least 4 members (excludes halogenated alkanes) is 1. The molecule has 2 heterocycles. The number of nitrogens with two attached hydrogens (primary N) is 1. The maximum absolute atomic E-state index is 6.17. The highest BCUT2D eigenvalue weighted by molar-refractivity contribution is 5.78. The van der Waals surface area contributed by atoms with Gasteiger partial charge in [-0.1, -0.05) is 30.7 Å². The SMILES string of the molecule is CCCCNc1ncnc(-n2nnc3ccccc32)c1N. The first kappa shape index (κ1) is 13.3. The predicted molar refractivity (Wildman–Crippen MR) is 82.3 cm³/mol. The molecule has 3 aromatic rings. The summed E-state index contributed by atoms with van der Waals surface area (Å²) in [5.41, 5.74) is 8.31. The Hall–Kier alpha value is -2.70. The largest absolute Gasteiger partial charge is 0.393 e. The second-order valence-electron chi connectivity index (χ2n) is 4.73. The van der Waals surface area contributed by atoms with E-state index in [9.17, 15) is 0 Å². The molecule has 108 valence electrons. The van der Waals surface area contributed by atoms with Gasteiger partial charge in [-0.15, -0.1) is 5.10 Å².